The van der Waals surface area contributed by atoms with Crippen molar-refractivity contribution in [2.24, 2.45) is 5.92 Å². The van der Waals surface area contributed by atoms with Gasteiger partial charge < -0.3 is 15.5 Å². The molecule has 0 fully saturated rings. The van der Waals surface area contributed by atoms with E-state index >= 15 is 0 Å². The molecule has 0 saturated carbocycles. The monoisotopic (exact) mass is 261 g/mol. The summed E-state index contributed by atoms with van der Waals surface area (Å²) < 4.78 is 0. The highest BCUT2D eigenvalue weighted by Gasteiger charge is 2.15. The van der Waals surface area contributed by atoms with Gasteiger partial charge in [0, 0.05) is 18.2 Å². The second-order valence-corrected chi connectivity index (χ2v) is 4.55. The maximum Gasteiger partial charge on any atom is 0.339 e. The van der Waals surface area contributed by atoms with Crippen LogP contribution in [0.25, 0.3) is 0 Å². The van der Waals surface area contributed by atoms with E-state index in [2.05, 4.69) is 11.4 Å². The third-order valence-electron chi connectivity index (χ3n) is 3.07. The average Bonchev–Trinajstić information content (AvgIpc) is 2.81. The zero-order chi connectivity index (χ0) is 13.8. The predicted molar refractivity (Wildman–Crippen MR) is 70.2 cm³/mol. The third kappa shape index (κ3) is 3.34. The quantitative estimate of drug-likeness (QED) is 0.726. The first kappa shape index (κ1) is 13.1. The van der Waals surface area contributed by atoms with Gasteiger partial charge in [0.25, 0.3) is 0 Å². The van der Waals surface area contributed by atoms with Crippen molar-refractivity contribution >= 4 is 17.6 Å². The summed E-state index contributed by atoms with van der Waals surface area (Å²) in [6.45, 7) is 0. The number of carboxylic acid groups (broad SMARTS) is 1. The summed E-state index contributed by atoms with van der Waals surface area (Å²) in [7, 11) is 0. The number of benzene rings is 1. The van der Waals surface area contributed by atoms with Gasteiger partial charge in [-0.2, -0.15) is 0 Å². The van der Waals surface area contributed by atoms with Crippen LogP contribution in [0.5, 0.6) is 5.75 Å². The second-order valence-electron chi connectivity index (χ2n) is 4.55. The predicted octanol–water partition coefficient (Wildman–Crippen LogP) is 2.39. The first-order chi connectivity index (χ1) is 9.06. The molecule has 1 aliphatic rings. The number of hydrogen-bond acceptors (Lipinski definition) is 3. The minimum Gasteiger partial charge on any atom is -0.507 e. The molecule has 2 rings (SSSR count). The summed E-state index contributed by atoms with van der Waals surface area (Å²) in [4.78, 5) is 22.5. The van der Waals surface area contributed by atoms with Crippen LogP contribution in [0.4, 0.5) is 5.69 Å². The van der Waals surface area contributed by atoms with E-state index in [0.29, 0.717) is 12.1 Å². The molecular formula is C14H15NO4. The number of amides is 1. The van der Waals surface area contributed by atoms with E-state index in [9.17, 15) is 14.7 Å². The fourth-order valence-electron chi connectivity index (χ4n) is 2.11. The van der Waals surface area contributed by atoms with Crippen molar-refractivity contribution in [3.05, 3.63) is 35.9 Å². The second kappa shape index (κ2) is 5.56. The summed E-state index contributed by atoms with van der Waals surface area (Å²) in [5, 5.41) is 20.9. The number of allylic oxidation sites excluding steroid dienone is 2. The van der Waals surface area contributed by atoms with E-state index in [4.69, 9.17) is 5.11 Å². The Kier molecular flexibility index (Phi) is 3.85. The maximum absolute atomic E-state index is 11.8. The maximum atomic E-state index is 11.8. The van der Waals surface area contributed by atoms with Crippen LogP contribution < -0.4 is 5.32 Å². The lowest BCUT2D eigenvalue weighted by Gasteiger charge is -2.09. The van der Waals surface area contributed by atoms with Gasteiger partial charge in [-0.05, 0) is 30.9 Å². The number of carboxylic acids is 1. The molecule has 19 heavy (non-hydrogen) atoms. The van der Waals surface area contributed by atoms with Crippen molar-refractivity contribution in [3.8, 4) is 5.75 Å². The van der Waals surface area contributed by atoms with Crippen molar-refractivity contribution < 1.29 is 19.8 Å². The van der Waals surface area contributed by atoms with E-state index in [0.717, 1.165) is 12.8 Å². The van der Waals surface area contributed by atoms with Crippen LogP contribution in [0.2, 0.25) is 0 Å². The van der Waals surface area contributed by atoms with Crippen molar-refractivity contribution in [1.29, 1.82) is 0 Å². The molecule has 0 saturated heterocycles. The number of anilines is 1. The van der Waals surface area contributed by atoms with E-state index in [-0.39, 0.29) is 23.1 Å². The van der Waals surface area contributed by atoms with Crippen molar-refractivity contribution in [3.63, 3.8) is 0 Å². The lowest BCUT2D eigenvalue weighted by molar-refractivity contribution is -0.116. The summed E-state index contributed by atoms with van der Waals surface area (Å²) in [5.41, 5.74) is 0.214. The van der Waals surface area contributed by atoms with Gasteiger partial charge in [-0.25, -0.2) is 4.79 Å². The highest BCUT2D eigenvalue weighted by atomic mass is 16.4. The molecule has 0 aliphatic heterocycles. The van der Waals surface area contributed by atoms with Crippen molar-refractivity contribution in [2.75, 3.05) is 5.32 Å². The van der Waals surface area contributed by atoms with Gasteiger partial charge in [-0.15, -0.1) is 0 Å². The molecular weight excluding hydrogens is 246 g/mol. The van der Waals surface area contributed by atoms with Crippen LogP contribution in [0.1, 0.15) is 29.6 Å². The minimum absolute atomic E-state index is 0.140. The Balaban J connectivity index is 1.98. The molecule has 0 heterocycles. The Morgan fingerprint density at radius 1 is 1.37 bits per heavy atom. The number of hydrogen-bond donors (Lipinski definition) is 3. The fraction of sp³-hybridized carbons (Fsp3) is 0.286. The molecule has 5 heteroatoms. The van der Waals surface area contributed by atoms with E-state index < -0.39 is 5.97 Å². The molecule has 3 N–H and O–H groups in total. The standard InChI is InChI=1S/C14H15NO4/c16-12-8-10(5-6-11(12)14(18)19)15-13(17)7-9-3-1-2-4-9/h1,3,5-6,8-9,16H,2,4,7H2,(H,15,17)(H,18,19). The zero-order valence-corrected chi connectivity index (χ0v) is 10.3. The third-order valence-corrected chi connectivity index (χ3v) is 3.07. The largest absolute Gasteiger partial charge is 0.507 e. The summed E-state index contributed by atoms with van der Waals surface area (Å²) in [6.07, 6.45) is 6.48. The smallest absolute Gasteiger partial charge is 0.339 e. The average molecular weight is 261 g/mol. The summed E-state index contributed by atoms with van der Waals surface area (Å²) >= 11 is 0. The highest BCUT2D eigenvalue weighted by molar-refractivity contribution is 5.94. The van der Waals surface area contributed by atoms with Gasteiger partial charge in [-0.3, -0.25) is 4.79 Å². The fourth-order valence-corrected chi connectivity index (χ4v) is 2.11. The summed E-state index contributed by atoms with van der Waals surface area (Å²) in [6, 6.07) is 3.97. The first-order valence-corrected chi connectivity index (χ1v) is 6.09. The number of carbonyl (C=O) groups is 2. The van der Waals surface area contributed by atoms with Crippen LogP contribution in [0, 0.1) is 5.92 Å². The molecule has 1 amide bonds. The molecule has 1 atom stereocenters. The van der Waals surface area contributed by atoms with Gasteiger partial charge >= 0.3 is 5.97 Å². The Morgan fingerprint density at radius 2 is 2.16 bits per heavy atom. The van der Waals surface area contributed by atoms with Gasteiger partial charge in [0.15, 0.2) is 0 Å². The van der Waals surface area contributed by atoms with Gasteiger partial charge in [0.05, 0.1) is 0 Å². The lowest BCUT2D eigenvalue weighted by atomic mass is 10.0. The first-order valence-electron chi connectivity index (χ1n) is 6.09. The Labute approximate surface area is 110 Å². The van der Waals surface area contributed by atoms with Crippen LogP contribution >= 0.6 is 0 Å². The molecule has 0 bridgehead atoms. The van der Waals surface area contributed by atoms with E-state index in [1.165, 1.54) is 18.2 Å². The number of carbonyl (C=O) groups excluding carboxylic acids is 1. The van der Waals surface area contributed by atoms with Gasteiger partial charge in [0.2, 0.25) is 5.91 Å². The molecule has 1 unspecified atom stereocenters. The SMILES string of the molecule is O=C(CC1C=CCC1)Nc1ccc(C(=O)O)c(O)c1. The molecule has 0 aromatic heterocycles. The van der Waals surface area contributed by atoms with Gasteiger partial charge in [0.1, 0.15) is 11.3 Å². The molecule has 100 valence electrons. The molecule has 1 aromatic rings. The van der Waals surface area contributed by atoms with Crippen LogP contribution in [-0.4, -0.2) is 22.1 Å². The Morgan fingerprint density at radius 3 is 2.74 bits per heavy atom. The van der Waals surface area contributed by atoms with Crippen LogP contribution in [0.15, 0.2) is 30.4 Å². The lowest BCUT2D eigenvalue weighted by Crippen LogP contribution is -2.14. The van der Waals surface area contributed by atoms with Crippen LogP contribution in [-0.2, 0) is 4.79 Å². The Hall–Kier alpha value is -2.30. The van der Waals surface area contributed by atoms with E-state index in [1.807, 2.05) is 6.08 Å². The molecule has 1 aliphatic carbocycles. The molecule has 0 spiro atoms. The molecule has 5 nitrogen and oxygen atoms in total. The topological polar surface area (TPSA) is 86.6 Å². The molecule has 1 aromatic carbocycles. The number of phenols is 1. The number of aromatic carboxylic acids is 1. The zero-order valence-electron chi connectivity index (χ0n) is 10.3. The number of nitrogens with one attached hydrogen (secondary N) is 1. The number of rotatable bonds is 4. The molecule has 0 radical (unpaired) electrons. The number of aromatic hydroxyl groups is 1. The Bertz CT molecular complexity index is 536. The summed E-state index contributed by atoms with van der Waals surface area (Å²) in [5.74, 6) is -1.43. The highest BCUT2D eigenvalue weighted by Crippen LogP contribution is 2.24. The van der Waals surface area contributed by atoms with Crippen molar-refractivity contribution in [2.45, 2.75) is 19.3 Å². The van der Waals surface area contributed by atoms with Crippen LogP contribution in [0.3, 0.4) is 0 Å². The van der Waals surface area contributed by atoms with E-state index in [1.54, 1.807) is 0 Å². The van der Waals surface area contributed by atoms with Gasteiger partial charge in [-0.1, -0.05) is 12.2 Å². The minimum atomic E-state index is -1.20. The normalized spacial score (nSPS) is 17.4. The van der Waals surface area contributed by atoms with Crippen molar-refractivity contribution in [1.82, 2.24) is 0 Å².